The number of rotatable bonds is 7. The molecule has 130 valence electrons. The van der Waals surface area contributed by atoms with Crippen molar-refractivity contribution in [2.24, 2.45) is 5.92 Å². The Labute approximate surface area is 139 Å². The van der Waals surface area contributed by atoms with E-state index in [1.54, 1.807) is 6.92 Å². The first-order valence-electron chi connectivity index (χ1n) is 7.83. The van der Waals surface area contributed by atoms with Gasteiger partial charge in [0.1, 0.15) is 0 Å². The van der Waals surface area contributed by atoms with E-state index in [1.165, 1.54) is 18.2 Å². The van der Waals surface area contributed by atoms with Gasteiger partial charge in [-0.15, -0.1) is 0 Å². The third-order valence-electron chi connectivity index (χ3n) is 3.86. The summed E-state index contributed by atoms with van der Waals surface area (Å²) in [5, 5.41) is 30.8. The molecule has 24 heavy (non-hydrogen) atoms. The Morgan fingerprint density at radius 1 is 1.50 bits per heavy atom. The summed E-state index contributed by atoms with van der Waals surface area (Å²) in [4.78, 5) is 22.7. The molecule has 0 fully saturated rings. The number of non-ortho nitro benzene ring substituents is 1. The minimum atomic E-state index is -1.02. The number of aromatic nitrogens is 2. The maximum absolute atomic E-state index is 12.3. The van der Waals surface area contributed by atoms with E-state index in [4.69, 9.17) is 0 Å². The minimum Gasteiger partial charge on any atom is -0.388 e. The molecule has 0 saturated heterocycles. The van der Waals surface area contributed by atoms with Gasteiger partial charge in [0.25, 0.3) is 11.6 Å². The predicted octanol–water partition coefficient (Wildman–Crippen LogP) is 2.39. The number of H-pyrrole nitrogens is 1. The molecule has 1 unspecified atom stereocenters. The number of amides is 1. The Bertz CT molecular complexity index is 752. The third kappa shape index (κ3) is 4.29. The van der Waals surface area contributed by atoms with Crippen LogP contribution in [0.25, 0.3) is 10.9 Å². The normalized spacial score (nSPS) is 13.9. The van der Waals surface area contributed by atoms with Gasteiger partial charge in [-0.05, 0) is 31.7 Å². The van der Waals surface area contributed by atoms with Gasteiger partial charge < -0.3 is 10.4 Å². The van der Waals surface area contributed by atoms with Crippen molar-refractivity contribution < 1.29 is 14.8 Å². The maximum Gasteiger partial charge on any atom is 0.272 e. The molecule has 1 atom stereocenters. The lowest BCUT2D eigenvalue weighted by Crippen LogP contribution is -2.41. The van der Waals surface area contributed by atoms with E-state index in [0.717, 1.165) is 6.42 Å². The van der Waals surface area contributed by atoms with Crippen LogP contribution in [0.5, 0.6) is 0 Å². The second kappa shape index (κ2) is 6.96. The van der Waals surface area contributed by atoms with Crippen molar-refractivity contribution in [3.8, 4) is 0 Å². The van der Waals surface area contributed by atoms with Crippen LogP contribution in [0.15, 0.2) is 18.2 Å². The SMILES string of the molecule is CC(C)CCC(C)(O)CNC(=O)c1n[nH]c2ccc([N+](=O)[O-])cc12. The van der Waals surface area contributed by atoms with Gasteiger partial charge in [-0.25, -0.2) is 0 Å². The number of hydrogen-bond donors (Lipinski definition) is 3. The van der Waals surface area contributed by atoms with Crippen LogP contribution >= 0.6 is 0 Å². The molecule has 8 nitrogen and oxygen atoms in total. The van der Waals surface area contributed by atoms with Crippen molar-refractivity contribution in [1.29, 1.82) is 0 Å². The zero-order valence-corrected chi connectivity index (χ0v) is 14.0. The van der Waals surface area contributed by atoms with Crippen LogP contribution in [0.4, 0.5) is 5.69 Å². The summed E-state index contributed by atoms with van der Waals surface area (Å²) in [6, 6.07) is 4.17. The highest BCUT2D eigenvalue weighted by Crippen LogP contribution is 2.22. The summed E-state index contributed by atoms with van der Waals surface area (Å²) in [6.07, 6.45) is 1.41. The van der Waals surface area contributed by atoms with Crippen LogP contribution in [0.2, 0.25) is 0 Å². The van der Waals surface area contributed by atoms with Crippen molar-refractivity contribution >= 4 is 22.5 Å². The van der Waals surface area contributed by atoms with Gasteiger partial charge in [-0.2, -0.15) is 5.10 Å². The van der Waals surface area contributed by atoms with Gasteiger partial charge in [-0.1, -0.05) is 13.8 Å². The number of nitro groups is 1. The first-order valence-corrected chi connectivity index (χ1v) is 7.83. The average molecular weight is 334 g/mol. The molecule has 0 aliphatic rings. The summed E-state index contributed by atoms with van der Waals surface area (Å²) in [6.45, 7) is 5.89. The lowest BCUT2D eigenvalue weighted by Gasteiger charge is -2.24. The van der Waals surface area contributed by atoms with Crippen LogP contribution in [-0.4, -0.2) is 38.3 Å². The Kier molecular flexibility index (Phi) is 5.18. The molecule has 1 heterocycles. The molecule has 2 rings (SSSR count). The van der Waals surface area contributed by atoms with E-state index in [2.05, 4.69) is 29.4 Å². The number of hydrogen-bond acceptors (Lipinski definition) is 5. The molecule has 2 aromatic rings. The van der Waals surface area contributed by atoms with Crippen LogP contribution in [0.3, 0.4) is 0 Å². The van der Waals surface area contributed by atoms with Crippen LogP contribution in [0, 0.1) is 16.0 Å². The highest BCUT2D eigenvalue weighted by molar-refractivity contribution is 6.05. The van der Waals surface area contributed by atoms with Crippen LogP contribution in [0.1, 0.15) is 44.1 Å². The smallest absolute Gasteiger partial charge is 0.272 e. The van der Waals surface area contributed by atoms with Crippen LogP contribution in [-0.2, 0) is 0 Å². The topological polar surface area (TPSA) is 121 Å². The van der Waals surface area contributed by atoms with E-state index in [0.29, 0.717) is 23.2 Å². The van der Waals surface area contributed by atoms with Crippen molar-refractivity contribution in [2.45, 2.75) is 39.2 Å². The number of aliphatic hydroxyl groups is 1. The predicted molar refractivity (Wildman–Crippen MR) is 89.8 cm³/mol. The van der Waals surface area contributed by atoms with Gasteiger partial charge >= 0.3 is 0 Å². The number of carbonyl (C=O) groups is 1. The molecule has 0 spiro atoms. The Morgan fingerprint density at radius 2 is 2.21 bits per heavy atom. The van der Waals surface area contributed by atoms with E-state index in [1.807, 2.05) is 0 Å². The maximum atomic E-state index is 12.3. The van der Waals surface area contributed by atoms with E-state index >= 15 is 0 Å². The number of nitrogens with zero attached hydrogens (tertiary/aromatic N) is 2. The second-order valence-corrected chi connectivity index (χ2v) is 6.67. The van der Waals surface area contributed by atoms with Crippen molar-refractivity contribution in [3.05, 3.63) is 34.0 Å². The number of nitrogens with one attached hydrogen (secondary N) is 2. The quantitative estimate of drug-likeness (QED) is 0.530. The van der Waals surface area contributed by atoms with Gasteiger partial charge in [0.15, 0.2) is 5.69 Å². The van der Waals surface area contributed by atoms with Crippen molar-refractivity contribution in [3.63, 3.8) is 0 Å². The van der Waals surface area contributed by atoms with Gasteiger partial charge in [-0.3, -0.25) is 20.0 Å². The van der Waals surface area contributed by atoms with Gasteiger partial charge in [0.05, 0.1) is 16.0 Å². The fraction of sp³-hybridized carbons (Fsp3) is 0.500. The Balaban J connectivity index is 2.11. The van der Waals surface area contributed by atoms with E-state index in [-0.39, 0.29) is 17.9 Å². The summed E-state index contributed by atoms with van der Waals surface area (Å²) >= 11 is 0. The van der Waals surface area contributed by atoms with Crippen molar-refractivity contribution in [2.75, 3.05) is 6.54 Å². The standard InChI is InChI=1S/C16H22N4O4/c1-10(2)6-7-16(3,22)9-17-15(21)14-12-8-11(20(23)24)4-5-13(12)18-19-14/h4-5,8,10,22H,6-7,9H2,1-3H3,(H,17,21)(H,18,19). The average Bonchev–Trinajstić information content (AvgIpc) is 2.94. The molecule has 1 aromatic heterocycles. The van der Waals surface area contributed by atoms with Crippen LogP contribution < -0.4 is 5.32 Å². The van der Waals surface area contributed by atoms with Crippen molar-refractivity contribution in [1.82, 2.24) is 15.5 Å². The Hall–Kier alpha value is -2.48. The molecule has 8 heteroatoms. The minimum absolute atomic E-state index is 0.0772. The summed E-state index contributed by atoms with van der Waals surface area (Å²) in [5.74, 6) is -0.0189. The Morgan fingerprint density at radius 3 is 2.83 bits per heavy atom. The molecule has 3 N–H and O–H groups in total. The molecule has 1 amide bonds. The van der Waals surface area contributed by atoms with Gasteiger partial charge in [0.2, 0.25) is 0 Å². The second-order valence-electron chi connectivity index (χ2n) is 6.67. The fourth-order valence-electron chi connectivity index (χ4n) is 2.33. The molecule has 0 bridgehead atoms. The molecule has 0 aliphatic heterocycles. The first kappa shape index (κ1) is 17.9. The molecular formula is C16H22N4O4. The highest BCUT2D eigenvalue weighted by atomic mass is 16.6. The largest absolute Gasteiger partial charge is 0.388 e. The number of fused-ring (bicyclic) bond motifs is 1. The van der Waals surface area contributed by atoms with E-state index < -0.39 is 16.4 Å². The number of carbonyl (C=O) groups excluding carboxylic acids is 1. The molecule has 0 radical (unpaired) electrons. The first-order chi connectivity index (χ1) is 11.2. The van der Waals surface area contributed by atoms with E-state index in [9.17, 15) is 20.0 Å². The zero-order valence-electron chi connectivity index (χ0n) is 14.0. The molecule has 1 aromatic carbocycles. The number of nitro benzene ring substituents is 1. The molecular weight excluding hydrogens is 312 g/mol. The third-order valence-corrected chi connectivity index (χ3v) is 3.86. The number of aromatic amines is 1. The summed E-state index contributed by atoms with van der Waals surface area (Å²) in [7, 11) is 0. The lowest BCUT2D eigenvalue weighted by molar-refractivity contribution is -0.384. The summed E-state index contributed by atoms with van der Waals surface area (Å²) < 4.78 is 0. The summed E-state index contributed by atoms with van der Waals surface area (Å²) in [5.41, 5.74) is -0.509. The number of benzene rings is 1. The van der Waals surface area contributed by atoms with Gasteiger partial charge in [0, 0.05) is 24.1 Å². The monoisotopic (exact) mass is 334 g/mol. The highest BCUT2D eigenvalue weighted by Gasteiger charge is 2.23. The molecule has 0 saturated carbocycles. The fourth-order valence-corrected chi connectivity index (χ4v) is 2.33. The molecule has 0 aliphatic carbocycles. The lowest BCUT2D eigenvalue weighted by atomic mass is 9.95. The zero-order chi connectivity index (χ0) is 17.9.